The molecule has 0 aliphatic carbocycles. The number of rotatable bonds is 6. The smallest absolute Gasteiger partial charge is 0.165 e. The summed E-state index contributed by atoms with van der Waals surface area (Å²) in [6.45, 7) is 11.7. The Balaban J connectivity index is 0.000000182. The van der Waals surface area contributed by atoms with E-state index in [1.54, 1.807) is 6.07 Å². The molecule has 0 spiro atoms. The molecule has 0 bridgehead atoms. The molecular weight excluding hydrogens is 814 g/mol. The van der Waals surface area contributed by atoms with Gasteiger partial charge >= 0.3 is 0 Å². The number of benzene rings is 5. The molecule has 0 unspecified atom stereocenters. The summed E-state index contributed by atoms with van der Waals surface area (Å²) in [6, 6.07) is 43.6. The largest absolute Gasteiger partial charge is 0.497 e. The number of aromatic nitrogens is 3. The van der Waals surface area contributed by atoms with E-state index in [9.17, 15) is 4.39 Å². The summed E-state index contributed by atoms with van der Waals surface area (Å²) < 4.78 is 22.4. The Bertz CT molecular complexity index is 2400. The fraction of sp³-hybridized carbons (Fsp3) is 0.163. The molecule has 50 heavy (non-hydrogen) atoms. The zero-order valence-electron chi connectivity index (χ0n) is 28.8. The summed E-state index contributed by atoms with van der Waals surface area (Å²) in [6.07, 6.45) is 3.24. The number of imidazole rings is 1. The zero-order chi connectivity index (χ0) is 34.1. The van der Waals surface area contributed by atoms with E-state index in [0.29, 0.717) is 22.9 Å². The predicted molar refractivity (Wildman–Crippen MR) is 203 cm³/mol. The average molecular weight is 852 g/mol. The van der Waals surface area contributed by atoms with E-state index in [-0.39, 0.29) is 31.5 Å². The van der Waals surface area contributed by atoms with Crippen LogP contribution in [-0.2, 0) is 26.5 Å². The maximum Gasteiger partial charge on any atom is 0.165 e. The van der Waals surface area contributed by atoms with Crippen molar-refractivity contribution in [3.8, 4) is 28.3 Å². The molecule has 0 saturated carbocycles. The Morgan fingerprint density at radius 1 is 0.800 bits per heavy atom. The number of fused-ring (bicyclic) bond motifs is 4. The van der Waals surface area contributed by atoms with Crippen LogP contribution in [0.3, 0.4) is 0 Å². The minimum absolute atomic E-state index is 0. The summed E-state index contributed by atoms with van der Waals surface area (Å²) in [5.41, 5.74) is 8.00. The molecular formula is C43H38FIrN3OSi-2. The number of hydrogen-bond acceptors (Lipinski definition) is 3. The van der Waals surface area contributed by atoms with Crippen LogP contribution in [0.1, 0.15) is 19.4 Å². The van der Waals surface area contributed by atoms with Gasteiger partial charge in [0.1, 0.15) is 0 Å². The Kier molecular flexibility index (Phi) is 10.3. The van der Waals surface area contributed by atoms with Crippen LogP contribution >= 0.6 is 0 Å². The monoisotopic (exact) mass is 852 g/mol. The molecule has 3 aromatic heterocycles. The molecule has 1 radical (unpaired) electrons. The molecule has 8 aromatic rings. The second kappa shape index (κ2) is 14.7. The molecule has 0 aliphatic heterocycles. The first-order chi connectivity index (χ1) is 23.7. The molecule has 7 heteroatoms. The van der Waals surface area contributed by atoms with Crippen molar-refractivity contribution in [3.05, 3.63) is 145 Å². The molecule has 0 atom stereocenters. The second-order valence-electron chi connectivity index (χ2n) is 13.8. The second-order valence-corrected chi connectivity index (χ2v) is 18.8. The number of pyridine rings is 1. The number of nitrogens with zero attached hydrogens (tertiary/aromatic N) is 3. The van der Waals surface area contributed by atoms with Crippen LogP contribution in [-0.4, -0.2) is 22.6 Å². The fourth-order valence-electron chi connectivity index (χ4n) is 6.41. The maximum absolute atomic E-state index is 14.3. The van der Waals surface area contributed by atoms with Crippen LogP contribution < -0.4 is 5.19 Å². The van der Waals surface area contributed by atoms with E-state index in [2.05, 4.69) is 73.5 Å². The van der Waals surface area contributed by atoms with Crippen molar-refractivity contribution in [2.75, 3.05) is 0 Å². The summed E-state index contributed by atoms with van der Waals surface area (Å²) in [5.74, 6) is 1.00. The Labute approximate surface area is 307 Å². The first kappa shape index (κ1) is 35.2. The van der Waals surface area contributed by atoms with E-state index in [4.69, 9.17) is 9.40 Å². The van der Waals surface area contributed by atoms with Gasteiger partial charge in [-0.3, -0.25) is 4.98 Å². The first-order valence-electron chi connectivity index (χ1n) is 16.7. The average Bonchev–Trinajstić information content (AvgIpc) is 3.68. The number of halogens is 1. The van der Waals surface area contributed by atoms with Gasteiger partial charge in [0.2, 0.25) is 0 Å². The molecule has 8 rings (SSSR count). The van der Waals surface area contributed by atoms with E-state index in [1.807, 2.05) is 91.0 Å². The van der Waals surface area contributed by atoms with Gasteiger partial charge in [-0.05, 0) is 53.6 Å². The molecule has 5 aromatic carbocycles. The van der Waals surface area contributed by atoms with E-state index < -0.39 is 8.07 Å². The SMILES string of the molecule is CC(C)Cc1cc(-c2[c-]cccc2)ncc1[Si](C)(C)C.Fc1cccc2c1oc1c(-c3nc4ccccc4n3-c3ccccc3)[c-]ccc12.[Ir]. The Morgan fingerprint density at radius 2 is 1.54 bits per heavy atom. The van der Waals surface area contributed by atoms with Crippen LogP contribution in [0.4, 0.5) is 4.39 Å². The van der Waals surface area contributed by atoms with Crippen molar-refractivity contribution in [2.45, 2.75) is 39.9 Å². The van der Waals surface area contributed by atoms with Gasteiger partial charge in [-0.25, -0.2) is 4.39 Å². The maximum atomic E-state index is 14.3. The van der Waals surface area contributed by atoms with Crippen LogP contribution in [0, 0.1) is 23.9 Å². The summed E-state index contributed by atoms with van der Waals surface area (Å²) >= 11 is 0. The van der Waals surface area contributed by atoms with Crippen molar-refractivity contribution < 1.29 is 28.9 Å². The molecule has 3 heterocycles. The number of furan rings is 1. The van der Waals surface area contributed by atoms with Gasteiger partial charge in [0.05, 0.1) is 30.5 Å². The molecule has 4 nitrogen and oxygen atoms in total. The van der Waals surface area contributed by atoms with Gasteiger partial charge < -0.3 is 14.0 Å². The van der Waals surface area contributed by atoms with Crippen molar-refractivity contribution in [3.63, 3.8) is 0 Å². The van der Waals surface area contributed by atoms with Crippen LogP contribution in [0.25, 0.3) is 61.3 Å². The summed E-state index contributed by atoms with van der Waals surface area (Å²) in [4.78, 5) is 9.57. The minimum atomic E-state index is -1.34. The third-order valence-electron chi connectivity index (χ3n) is 8.62. The van der Waals surface area contributed by atoms with Crippen molar-refractivity contribution in [1.82, 2.24) is 14.5 Å². The molecule has 0 N–H and O–H groups in total. The topological polar surface area (TPSA) is 43.9 Å². The predicted octanol–water partition coefficient (Wildman–Crippen LogP) is 10.8. The van der Waals surface area contributed by atoms with Crippen LogP contribution in [0.2, 0.25) is 19.6 Å². The number of hydrogen-bond donors (Lipinski definition) is 0. The van der Waals surface area contributed by atoms with Gasteiger partial charge in [0.15, 0.2) is 11.4 Å². The zero-order valence-corrected chi connectivity index (χ0v) is 32.2. The minimum Gasteiger partial charge on any atom is -0.497 e. The Morgan fingerprint density at radius 3 is 2.28 bits per heavy atom. The summed E-state index contributed by atoms with van der Waals surface area (Å²) in [5, 5.41) is 3.09. The van der Waals surface area contributed by atoms with E-state index >= 15 is 0 Å². The molecule has 253 valence electrons. The molecule has 0 saturated heterocycles. The van der Waals surface area contributed by atoms with Gasteiger partial charge in [0.25, 0.3) is 0 Å². The van der Waals surface area contributed by atoms with Gasteiger partial charge in [-0.2, -0.15) is 0 Å². The van der Waals surface area contributed by atoms with Crippen molar-refractivity contribution >= 4 is 46.2 Å². The Hall–Kier alpha value is -4.68. The third kappa shape index (κ3) is 6.99. The first-order valence-corrected chi connectivity index (χ1v) is 20.2. The number of para-hydroxylation sites is 4. The van der Waals surface area contributed by atoms with Crippen LogP contribution in [0.5, 0.6) is 0 Å². The van der Waals surface area contributed by atoms with E-state index in [0.717, 1.165) is 45.2 Å². The van der Waals surface area contributed by atoms with Crippen LogP contribution in [0.15, 0.2) is 126 Å². The normalized spacial score (nSPS) is 11.5. The standard InChI is InChI=1S/C25H14FN2O.C18H24NSi.Ir/c26-20-13-7-11-18-17-10-6-12-19(23(17)29-24(18)20)25-27-21-14-4-5-15-22(21)28(25)16-8-2-1-3-9-16;1-14(2)11-16-12-17(15-9-7-6-8-10-15)19-13-18(16)20(3,4)5;/h1-11,13-15H;6-9,12-14H,11H2,1-5H3;/q2*-1;. The van der Waals surface area contributed by atoms with E-state index in [1.165, 1.54) is 16.8 Å². The fourth-order valence-corrected chi connectivity index (χ4v) is 8.00. The molecule has 0 fully saturated rings. The molecule has 0 aliphatic rings. The quantitative estimate of drug-likeness (QED) is 0.124. The molecule has 0 amide bonds. The van der Waals surface area contributed by atoms with Crippen molar-refractivity contribution in [2.24, 2.45) is 5.92 Å². The van der Waals surface area contributed by atoms with Gasteiger partial charge in [-0.15, -0.1) is 54.1 Å². The van der Waals surface area contributed by atoms with Crippen molar-refractivity contribution in [1.29, 1.82) is 0 Å². The van der Waals surface area contributed by atoms with Gasteiger partial charge in [-0.1, -0.05) is 98.5 Å². The van der Waals surface area contributed by atoms with Gasteiger partial charge in [0, 0.05) is 37.4 Å². The third-order valence-corrected chi connectivity index (χ3v) is 10.7. The summed E-state index contributed by atoms with van der Waals surface area (Å²) in [7, 11) is -1.34.